The maximum atomic E-state index is 12.7. The molecule has 3 rings (SSSR count). The molecule has 164 valence electrons. The molecule has 0 fully saturated rings. The third kappa shape index (κ3) is 5.40. The lowest BCUT2D eigenvalue weighted by Gasteiger charge is -2.10. The number of ether oxygens (including phenoxy) is 2. The van der Waals surface area contributed by atoms with E-state index in [9.17, 15) is 9.59 Å². The van der Waals surface area contributed by atoms with E-state index in [0.717, 1.165) is 46.2 Å². The van der Waals surface area contributed by atoms with Gasteiger partial charge in [-0.25, -0.2) is 0 Å². The number of aryl methyl sites for hydroxylation is 1. The number of amides is 2. The van der Waals surface area contributed by atoms with Crippen molar-refractivity contribution in [2.45, 2.75) is 19.3 Å². The molecular weight excluding hydrogens is 392 g/mol. The molecule has 6 heteroatoms. The summed E-state index contributed by atoms with van der Waals surface area (Å²) in [5, 5.41) is 5.75. The summed E-state index contributed by atoms with van der Waals surface area (Å²) < 4.78 is 9.96. The topological polar surface area (TPSA) is 76.7 Å². The molecule has 0 aliphatic heterocycles. The average molecular weight is 423 g/mol. The van der Waals surface area contributed by atoms with Crippen molar-refractivity contribution in [3.8, 4) is 11.1 Å². The van der Waals surface area contributed by atoms with Gasteiger partial charge in [-0.2, -0.15) is 0 Å². The normalized spacial score (nSPS) is 11.7. The highest BCUT2D eigenvalue weighted by atomic mass is 16.5. The van der Waals surface area contributed by atoms with E-state index in [1.807, 2.05) is 18.2 Å². The van der Waals surface area contributed by atoms with Crippen LogP contribution in [0, 0.1) is 0 Å². The summed E-state index contributed by atoms with van der Waals surface area (Å²) in [4.78, 5) is 24.6. The number of methoxy groups -OCH3 is 2. The Morgan fingerprint density at radius 3 is 2.42 bits per heavy atom. The largest absolute Gasteiger partial charge is 0.383 e. The van der Waals surface area contributed by atoms with Crippen LogP contribution < -0.4 is 10.6 Å². The molecule has 0 bridgehead atoms. The van der Waals surface area contributed by atoms with E-state index in [0.29, 0.717) is 38.3 Å². The number of rotatable bonds is 11. The third-order valence-corrected chi connectivity index (χ3v) is 5.40. The van der Waals surface area contributed by atoms with Gasteiger partial charge < -0.3 is 20.1 Å². The Bertz CT molecular complexity index is 968. The zero-order valence-corrected chi connectivity index (χ0v) is 18.3. The SMILES string of the molecule is C=C1c2cc(CCCC(=O)NCCOC)ccc2-c2c1cccc2C(=O)NCCOC. The van der Waals surface area contributed by atoms with Crippen molar-refractivity contribution in [2.24, 2.45) is 0 Å². The van der Waals surface area contributed by atoms with Crippen LogP contribution in [-0.4, -0.2) is 52.3 Å². The van der Waals surface area contributed by atoms with Gasteiger partial charge in [0.05, 0.1) is 13.2 Å². The Morgan fingerprint density at radius 2 is 1.68 bits per heavy atom. The quantitative estimate of drug-likeness (QED) is 0.465. The highest BCUT2D eigenvalue weighted by Crippen LogP contribution is 2.45. The molecule has 0 heterocycles. The maximum absolute atomic E-state index is 12.7. The fraction of sp³-hybridized carbons (Fsp3) is 0.360. The first-order valence-electron chi connectivity index (χ1n) is 10.6. The predicted molar refractivity (Wildman–Crippen MR) is 122 cm³/mol. The predicted octanol–water partition coefficient (Wildman–Crippen LogP) is 3.19. The minimum atomic E-state index is -0.113. The Labute approximate surface area is 183 Å². The molecule has 2 amide bonds. The number of fused-ring (bicyclic) bond motifs is 3. The minimum Gasteiger partial charge on any atom is -0.383 e. The first kappa shape index (κ1) is 22.7. The average Bonchev–Trinajstić information content (AvgIpc) is 3.06. The lowest BCUT2D eigenvalue weighted by Crippen LogP contribution is -2.27. The monoisotopic (exact) mass is 422 g/mol. The zero-order chi connectivity index (χ0) is 22.2. The Balaban J connectivity index is 1.71. The molecule has 0 radical (unpaired) electrons. The standard InChI is InChI=1S/C25H30N2O4/c1-17-19-7-5-8-21(25(29)27-13-15-31-3)24(19)20-11-10-18(16-22(17)20)6-4-9-23(28)26-12-14-30-2/h5,7-8,10-11,16H,1,4,6,9,12-15H2,2-3H3,(H,26,28)(H,27,29). The van der Waals surface area contributed by atoms with Crippen molar-refractivity contribution in [1.82, 2.24) is 10.6 Å². The first-order valence-corrected chi connectivity index (χ1v) is 10.6. The van der Waals surface area contributed by atoms with Gasteiger partial charge in [-0.15, -0.1) is 0 Å². The Hall–Kier alpha value is -2.96. The first-order chi connectivity index (χ1) is 15.1. The van der Waals surface area contributed by atoms with Gasteiger partial charge in [0.15, 0.2) is 0 Å². The van der Waals surface area contributed by atoms with Gasteiger partial charge in [0, 0.05) is 44.9 Å². The highest BCUT2D eigenvalue weighted by molar-refractivity contribution is 6.10. The van der Waals surface area contributed by atoms with Gasteiger partial charge in [-0.3, -0.25) is 9.59 Å². The summed E-state index contributed by atoms with van der Waals surface area (Å²) in [7, 11) is 3.22. The number of hydrogen-bond acceptors (Lipinski definition) is 4. The smallest absolute Gasteiger partial charge is 0.252 e. The number of hydrogen-bond donors (Lipinski definition) is 2. The molecule has 31 heavy (non-hydrogen) atoms. The number of benzene rings is 2. The molecule has 0 spiro atoms. The third-order valence-electron chi connectivity index (χ3n) is 5.40. The second kappa shape index (κ2) is 10.9. The molecule has 0 unspecified atom stereocenters. The molecular formula is C25H30N2O4. The van der Waals surface area contributed by atoms with Gasteiger partial charge in [0.1, 0.15) is 0 Å². The summed E-state index contributed by atoms with van der Waals surface area (Å²) in [6, 6.07) is 12.0. The van der Waals surface area contributed by atoms with Gasteiger partial charge in [0.2, 0.25) is 5.91 Å². The minimum absolute atomic E-state index is 0.0409. The van der Waals surface area contributed by atoms with Crippen molar-refractivity contribution >= 4 is 17.4 Å². The van der Waals surface area contributed by atoms with E-state index in [4.69, 9.17) is 9.47 Å². The van der Waals surface area contributed by atoms with Crippen LogP contribution in [0.5, 0.6) is 0 Å². The summed E-state index contributed by atoms with van der Waals surface area (Å²) >= 11 is 0. The second-order valence-corrected chi connectivity index (χ2v) is 7.53. The van der Waals surface area contributed by atoms with Gasteiger partial charge in [-0.05, 0) is 46.7 Å². The summed E-state index contributed by atoms with van der Waals surface area (Å²) in [5.41, 5.74) is 6.73. The molecule has 2 aromatic carbocycles. The second-order valence-electron chi connectivity index (χ2n) is 7.53. The molecule has 0 atom stereocenters. The van der Waals surface area contributed by atoms with Crippen LogP contribution in [0.1, 0.15) is 39.9 Å². The fourth-order valence-electron chi connectivity index (χ4n) is 3.84. The number of nitrogens with one attached hydrogen (secondary N) is 2. The van der Waals surface area contributed by atoms with Crippen LogP contribution in [0.25, 0.3) is 16.7 Å². The highest BCUT2D eigenvalue weighted by Gasteiger charge is 2.27. The summed E-state index contributed by atoms with van der Waals surface area (Å²) in [5.74, 6) is -0.0720. The zero-order valence-electron chi connectivity index (χ0n) is 18.3. The Kier molecular flexibility index (Phi) is 7.98. The van der Waals surface area contributed by atoms with Crippen LogP contribution in [0.4, 0.5) is 0 Å². The van der Waals surface area contributed by atoms with Crippen LogP contribution in [0.2, 0.25) is 0 Å². The molecule has 0 saturated heterocycles. The van der Waals surface area contributed by atoms with Crippen molar-refractivity contribution in [1.29, 1.82) is 0 Å². The molecule has 6 nitrogen and oxygen atoms in total. The van der Waals surface area contributed by atoms with Crippen molar-refractivity contribution in [3.05, 3.63) is 65.2 Å². The molecule has 2 aromatic rings. The molecule has 1 aliphatic carbocycles. The van der Waals surface area contributed by atoms with Crippen molar-refractivity contribution in [2.75, 3.05) is 40.5 Å². The lowest BCUT2D eigenvalue weighted by molar-refractivity contribution is -0.121. The van der Waals surface area contributed by atoms with E-state index >= 15 is 0 Å². The van der Waals surface area contributed by atoms with E-state index < -0.39 is 0 Å². The van der Waals surface area contributed by atoms with Crippen LogP contribution in [0.15, 0.2) is 43.0 Å². The van der Waals surface area contributed by atoms with E-state index in [2.05, 4.69) is 35.4 Å². The van der Waals surface area contributed by atoms with Gasteiger partial charge in [-0.1, -0.05) is 36.9 Å². The van der Waals surface area contributed by atoms with E-state index in [1.54, 1.807) is 14.2 Å². The van der Waals surface area contributed by atoms with Crippen molar-refractivity contribution < 1.29 is 19.1 Å². The summed E-state index contributed by atoms with van der Waals surface area (Å²) in [6.45, 7) is 6.26. The summed E-state index contributed by atoms with van der Waals surface area (Å²) in [6.07, 6.45) is 2.05. The lowest BCUT2D eigenvalue weighted by atomic mass is 9.97. The molecule has 1 aliphatic rings. The van der Waals surface area contributed by atoms with Crippen LogP contribution in [0.3, 0.4) is 0 Å². The molecule has 2 N–H and O–H groups in total. The number of carbonyl (C=O) groups is 2. The van der Waals surface area contributed by atoms with Crippen molar-refractivity contribution in [3.63, 3.8) is 0 Å². The van der Waals surface area contributed by atoms with Gasteiger partial charge in [0.25, 0.3) is 5.91 Å². The molecule has 0 saturated carbocycles. The fourth-order valence-corrected chi connectivity index (χ4v) is 3.84. The van der Waals surface area contributed by atoms with Gasteiger partial charge >= 0.3 is 0 Å². The Morgan fingerprint density at radius 1 is 0.935 bits per heavy atom. The van der Waals surface area contributed by atoms with E-state index in [-0.39, 0.29) is 11.8 Å². The maximum Gasteiger partial charge on any atom is 0.252 e. The number of carbonyl (C=O) groups excluding carboxylic acids is 2. The van der Waals surface area contributed by atoms with E-state index in [1.165, 1.54) is 0 Å². The molecule has 0 aromatic heterocycles. The van der Waals surface area contributed by atoms with Crippen LogP contribution >= 0.6 is 0 Å². The van der Waals surface area contributed by atoms with Crippen LogP contribution in [-0.2, 0) is 20.7 Å².